The Morgan fingerprint density at radius 2 is 2.13 bits per heavy atom. The first-order chi connectivity index (χ1) is 7.33. The van der Waals surface area contributed by atoms with Crippen LogP contribution in [0.1, 0.15) is 38.5 Å². The first-order valence-electron chi connectivity index (χ1n) is 5.82. The molecule has 0 aliphatic heterocycles. The average Bonchev–Trinajstić information content (AvgIpc) is 2.74. The summed E-state index contributed by atoms with van der Waals surface area (Å²) in [6.07, 6.45) is 6.23. The lowest BCUT2D eigenvalue weighted by Gasteiger charge is -2.11. The van der Waals surface area contributed by atoms with Crippen LogP contribution < -0.4 is 5.32 Å². The monoisotopic (exact) mass is 215 g/mol. The zero-order valence-corrected chi connectivity index (χ0v) is 9.21. The van der Waals surface area contributed by atoms with E-state index in [4.69, 9.17) is 9.84 Å². The Hall–Kier alpha value is -0.610. The van der Waals surface area contributed by atoms with Crippen molar-refractivity contribution in [1.82, 2.24) is 5.32 Å². The summed E-state index contributed by atoms with van der Waals surface area (Å²) in [4.78, 5) is 11.1. The van der Waals surface area contributed by atoms with Gasteiger partial charge in [-0.05, 0) is 19.3 Å². The Balaban J connectivity index is 1.89. The van der Waals surface area contributed by atoms with E-state index in [2.05, 4.69) is 5.32 Å². The van der Waals surface area contributed by atoms with Crippen molar-refractivity contribution in [3.05, 3.63) is 0 Å². The number of aliphatic hydroxyl groups is 1. The number of amides is 1. The highest BCUT2D eigenvalue weighted by Crippen LogP contribution is 2.20. The SMILES string of the molecule is O=C(CCCO)NCCOC1CCCC1. The topological polar surface area (TPSA) is 58.6 Å². The molecule has 15 heavy (non-hydrogen) atoms. The number of nitrogens with one attached hydrogen (secondary N) is 1. The summed E-state index contributed by atoms with van der Waals surface area (Å²) >= 11 is 0. The largest absolute Gasteiger partial charge is 0.396 e. The molecule has 0 unspecified atom stereocenters. The Morgan fingerprint density at radius 1 is 1.40 bits per heavy atom. The second-order valence-corrected chi connectivity index (χ2v) is 3.95. The van der Waals surface area contributed by atoms with Crippen LogP contribution in [0.15, 0.2) is 0 Å². The van der Waals surface area contributed by atoms with E-state index in [0.29, 0.717) is 32.1 Å². The average molecular weight is 215 g/mol. The van der Waals surface area contributed by atoms with E-state index >= 15 is 0 Å². The third-order valence-electron chi connectivity index (χ3n) is 2.64. The highest BCUT2D eigenvalue weighted by molar-refractivity contribution is 5.75. The molecule has 1 saturated carbocycles. The van der Waals surface area contributed by atoms with Crippen LogP contribution in [0.2, 0.25) is 0 Å². The van der Waals surface area contributed by atoms with Crippen LogP contribution in [0.3, 0.4) is 0 Å². The van der Waals surface area contributed by atoms with Crippen molar-refractivity contribution in [2.45, 2.75) is 44.6 Å². The molecule has 1 amide bonds. The number of ether oxygens (including phenoxy) is 1. The van der Waals surface area contributed by atoms with Gasteiger partial charge in [0.2, 0.25) is 5.91 Å². The maximum Gasteiger partial charge on any atom is 0.220 e. The Morgan fingerprint density at radius 3 is 2.80 bits per heavy atom. The number of hydrogen-bond acceptors (Lipinski definition) is 3. The van der Waals surface area contributed by atoms with Crippen molar-refractivity contribution >= 4 is 5.91 Å². The fourth-order valence-electron chi connectivity index (χ4n) is 1.80. The third-order valence-corrected chi connectivity index (χ3v) is 2.64. The van der Waals surface area contributed by atoms with E-state index < -0.39 is 0 Å². The molecule has 0 atom stereocenters. The third kappa shape index (κ3) is 5.74. The molecule has 0 spiro atoms. The molecular weight excluding hydrogens is 194 g/mol. The molecule has 1 fully saturated rings. The fourth-order valence-corrected chi connectivity index (χ4v) is 1.80. The first kappa shape index (κ1) is 12.5. The minimum atomic E-state index is -0.000859. The minimum absolute atomic E-state index is 0.000859. The van der Waals surface area contributed by atoms with E-state index in [1.165, 1.54) is 25.7 Å². The lowest BCUT2D eigenvalue weighted by atomic mass is 10.3. The summed E-state index contributed by atoms with van der Waals surface area (Å²) < 4.78 is 5.59. The predicted octanol–water partition coefficient (Wildman–Crippen LogP) is 0.834. The van der Waals surface area contributed by atoms with Crippen molar-refractivity contribution in [1.29, 1.82) is 0 Å². The summed E-state index contributed by atoms with van der Waals surface area (Å²) in [5.41, 5.74) is 0. The molecule has 0 aromatic rings. The molecule has 0 bridgehead atoms. The molecule has 88 valence electrons. The van der Waals surface area contributed by atoms with E-state index in [1.807, 2.05) is 0 Å². The van der Waals surface area contributed by atoms with Gasteiger partial charge in [-0.2, -0.15) is 0 Å². The number of rotatable bonds is 7. The number of aliphatic hydroxyl groups excluding tert-OH is 1. The van der Waals surface area contributed by atoms with Gasteiger partial charge < -0.3 is 15.2 Å². The zero-order chi connectivity index (χ0) is 10.9. The molecule has 4 nitrogen and oxygen atoms in total. The summed E-state index contributed by atoms with van der Waals surface area (Å²) in [5, 5.41) is 11.3. The van der Waals surface area contributed by atoms with Crippen LogP contribution in [0, 0.1) is 0 Å². The van der Waals surface area contributed by atoms with Gasteiger partial charge in [-0.3, -0.25) is 4.79 Å². The molecule has 0 heterocycles. The Bertz CT molecular complexity index is 179. The molecule has 0 radical (unpaired) electrons. The first-order valence-corrected chi connectivity index (χ1v) is 5.82. The highest BCUT2D eigenvalue weighted by atomic mass is 16.5. The summed E-state index contributed by atoms with van der Waals surface area (Å²) in [5.74, 6) is -0.000859. The van der Waals surface area contributed by atoms with Crippen LogP contribution >= 0.6 is 0 Å². The molecule has 1 rings (SSSR count). The summed E-state index contributed by atoms with van der Waals surface area (Å²) in [6, 6.07) is 0. The molecule has 4 heteroatoms. The van der Waals surface area contributed by atoms with Crippen LogP contribution in [0.5, 0.6) is 0 Å². The number of carbonyl (C=O) groups is 1. The van der Waals surface area contributed by atoms with E-state index in [-0.39, 0.29) is 12.5 Å². The minimum Gasteiger partial charge on any atom is -0.396 e. The Labute approximate surface area is 91.0 Å². The van der Waals surface area contributed by atoms with Gasteiger partial charge in [0.05, 0.1) is 12.7 Å². The lowest BCUT2D eigenvalue weighted by Crippen LogP contribution is -2.28. The van der Waals surface area contributed by atoms with E-state index in [1.54, 1.807) is 0 Å². The second kappa shape index (κ2) is 7.65. The molecule has 0 aromatic heterocycles. The van der Waals surface area contributed by atoms with E-state index in [9.17, 15) is 4.79 Å². The van der Waals surface area contributed by atoms with Gasteiger partial charge in [0.1, 0.15) is 0 Å². The standard InChI is InChI=1S/C11H21NO3/c13-8-3-6-11(14)12-7-9-15-10-4-1-2-5-10/h10,13H,1-9H2,(H,12,14). The van der Waals surface area contributed by atoms with Gasteiger partial charge in [-0.1, -0.05) is 12.8 Å². The summed E-state index contributed by atoms with van der Waals surface area (Å²) in [7, 11) is 0. The van der Waals surface area contributed by atoms with Crippen LogP contribution in [-0.2, 0) is 9.53 Å². The molecule has 2 N–H and O–H groups in total. The van der Waals surface area contributed by atoms with Crippen LogP contribution in [-0.4, -0.2) is 36.9 Å². The van der Waals surface area contributed by atoms with Gasteiger partial charge in [0.15, 0.2) is 0 Å². The quantitative estimate of drug-likeness (QED) is 0.619. The van der Waals surface area contributed by atoms with Crippen molar-refractivity contribution in [3.63, 3.8) is 0 Å². The maximum atomic E-state index is 11.1. The van der Waals surface area contributed by atoms with Gasteiger partial charge in [-0.15, -0.1) is 0 Å². The van der Waals surface area contributed by atoms with Crippen LogP contribution in [0.25, 0.3) is 0 Å². The van der Waals surface area contributed by atoms with Gasteiger partial charge >= 0.3 is 0 Å². The maximum absolute atomic E-state index is 11.1. The van der Waals surface area contributed by atoms with Crippen LogP contribution in [0.4, 0.5) is 0 Å². The summed E-state index contributed by atoms with van der Waals surface area (Å²) in [6.45, 7) is 1.27. The Kier molecular flexibility index (Phi) is 6.36. The van der Waals surface area contributed by atoms with Crippen molar-refractivity contribution in [2.75, 3.05) is 19.8 Å². The van der Waals surface area contributed by atoms with Crippen molar-refractivity contribution in [2.24, 2.45) is 0 Å². The van der Waals surface area contributed by atoms with Gasteiger partial charge in [0, 0.05) is 19.6 Å². The second-order valence-electron chi connectivity index (χ2n) is 3.95. The fraction of sp³-hybridized carbons (Fsp3) is 0.909. The van der Waals surface area contributed by atoms with Gasteiger partial charge in [-0.25, -0.2) is 0 Å². The molecule has 0 aromatic carbocycles. The molecular formula is C11H21NO3. The molecule has 0 saturated heterocycles. The molecule has 1 aliphatic rings. The number of carbonyl (C=O) groups excluding carboxylic acids is 1. The lowest BCUT2D eigenvalue weighted by molar-refractivity contribution is -0.121. The predicted molar refractivity (Wildman–Crippen MR) is 57.5 cm³/mol. The van der Waals surface area contributed by atoms with Crippen molar-refractivity contribution in [3.8, 4) is 0 Å². The van der Waals surface area contributed by atoms with Gasteiger partial charge in [0.25, 0.3) is 0 Å². The van der Waals surface area contributed by atoms with E-state index in [0.717, 1.165) is 0 Å². The van der Waals surface area contributed by atoms with Crippen molar-refractivity contribution < 1.29 is 14.6 Å². The zero-order valence-electron chi connectivity index (χ0n) is 9.21. The highest BCUT2D eigenvalue weighted by Gasteiger charge is 2.14. The smallest absolute Gasteiger partial charge is 0.220 e. The normalized spacial score (nSPS) is 16.9. The number of hydrogen-bond donors (Lipinski definition) is 2. The molecule has 1 aliphatic carbocycles.